The number of carbonyl (C=O) groups is 1. The Bertz CT molecular complexity index is 775. The van der Waals surface area contributed by atoms with E-state index in [1.807, 2.05) is 48.5 Å². The molecular formula is C16H12INO2. The van der Waals surface area contributed by atoms with E-state index in [2.05, 4.69) is 22.6 Å². The first-order chi connectivity index (χ1) is 9.70. The Morgan fingerprint density at radius 3 is 2.50 bits per heavy atom. The van der Waals surface area contributed by atoms with E-state index in [9.17, 15) is 9.90 Å². The van der Waals surface area contributed by atoms with Gasteiger partial charge in [-0.2, -0.15) is 0 Å². The number of aromatic nitrogens is 1. The molecule has 0 fully saturated rings. The highest BCUT2D eigenvalue weighted by Crippen LogP contribution is 2.22. The van der Waals surface area contributed by atoms with Crippen LogP contribution in [0.2, 0.25) is 0 Å². The van der Waals surface area contributed by atoms with Gasteiger partial charge in [0, 0.05) is 26.3 Å². The Labute approximate surface area is 130 Å². The molecule has 4 heteroatoms. The van der Waals surface area contributed by atoms with E-state index in [1.54, 1.807) is 10.8 Å². The number of rotatable bonds is 2. The van der Waals surface area contributed by atoms with Crippen LogP contribution in [0.5, 0.6) is 0 Å². The van der Waals surface area contributed by atoms with Gasteiger partial charge in [-0.3, -0.25) is 9.36 Å². The topological polar surface area (TPSA) is 42.2 Å². The van der Waals surface area contributed by atoms with Crippen molar-refractivity contribution in [1.82, 2.24) is 4.57 Å². The molecule has 100 valence electrons. The molecule has 20 heavy (non-hydrogen) atoms. The van der Waals surface area contributed by atoms with E-state index < -0.39 is 0 Å². The van der Waals surface area contributed by atoms with E-state index in [-0.39, 0.29) is 12.5 Å². The van der Waals surface area contributed by atoms with Crippen LogP contribution in [-0.4, -0.2) is 15.6 Å². The van der Waals surface area contributed by atoms with Gasteiger partial charge in [-0.15, -0.1) is 0 Å². The SMILES string of the molecule is O=C(c1ccc(I)cc1)n1cc(CO)c2ccccc21. The van der Waals surface area contributed by atoms with Crippen molar-refractivity contribution in [2.24, 2.45) is 0 Å². The molecule has 0 amide bonds. The van der Waals surface area contributed by atoms with Crippen molar-refractivity contribution in [3.63, 3.8) is 0 Å². The molecule has 0 saturated carbocycles. The predicted octanol–water partition coefficient (Wildman–Crippen LogP) is 3.43. The summed E-state index contributed by atoms with van der Waals surface area (Å²) in [5.41, 5.74) is 2.22. The Kier molecular flexibility index (Phi) is 3.58. The first-order valence-corrected chi connectivity index (χ1v) is 7.28. The van der Waals surface area contributed by atoms with Gasteiger partial charge in [0.2, 0.25) is 0 Å². The molecule has 1 N–H and O–H groups in total. The average molecular weight is 377 g/mol. The third kappa shape index (κ3) is 2.25. The normalized spacial score (nSPS) is 10.9. The molecule has 3 nitrogen and oxygen atoms in total. The van der Waals surface area contributed by atoms with E-state index in [0.29, 0.717) is 5.56 Å². The first kappa shape index (κ1) is 13.3. The molecule has 2 aromatic carbocycles. The van der Waals surface area contributed by atoms with Crippen molar-refractivity contribution in [3.8, 4) is 0 Å². The highest BCUT2D eigenvalue weighted by Gasteiger charge is 2.14. The Morgan fingerprint density at radius 1 is 1.10 bits per heavy atom. The van der Waals surface area contributed by atoms with Crippen LogP contribution in [-0.2, 0) is 6.61 Å². The summed E-state index contributed by atoms with van der Waals surface area (Å²) in [5, 5.41) is 10.3. The molecule has 0 radical (unpaired) electrons. The number of aliphatic hydroxyl groups excluding tert-OH is 1. The Balaban J connectivity index is 2.14. The molecule has 0 unspecified atom stereocenters. The standard InChI is InChI=1S/C16H12INO2/c17-13-7-5-11(6-8-13)16(20)18-9-12(10-19)14-3-1-2-4-15(14)18/h1-9,19H,10H2. The van der Waals surface area contributed by atoms with Crippen molar-refractivity contribution in [2.45, 2.75) is 6.61 Å². The molecule has 3 aromatic rings. The van der Waals surface area contributed by atoms with Gasteiger partial charge in [-0.25, -0.2) is 0 Å². The van der Waals surface area contributed by atoms with Crippen molar-refractivity contribution < 1.29 is 9.90 Å². The minimum absolute atomic E-state index is 0.0759. The van der Waals surface area contributed by atoms with Gasteiger partial charge in [-0.1, -0.05) is 18.2 Å². The van der Waals surface area contributed by atoms with Crippen LogP contribution in [0.15, 0.2) is 54.7 Å². The number of benzene rings is 2. The predicted molar refractivity (Wildman–Crippen MR) is 86.7 cm³/mol. The van der Waals surface area contributed by atoms with Gasteiger partial charge in [-0.05, 0) is 52.9 Å². The number of hydrogen-bond donors (Lipinski definition) is 1. The largest absolute Gasteiger partial charge is 0.392 e. The molecular weight excluding hydrogens is 365 g/mol. The zero-order valence-corrected chi connectivity index (χ0v) is 12.7. The summed E-state index contributed by atoms with van der Waals surface area (Å²) in [7, 11) is 0. The van der Waals surface area contributed by atoms with E-state index >= 15 is 0 Å². The maximum atomic E-state index is 12.6. The maximum absolute atomic E-state index is 12.6. The number of fused-ring (bicyclic) bond motifs is 1. The summed E-state index contributed by atoms with van der Waals surface area (Å²) in [6.07, 6.45) is 1.71. The molecule has 0 aliphatic rings. The second kappa shape index (κ2) is 5.38. The van der Waals surface area contributed by atoms with E-state index in [4.69, 9.17) is 0 Å². The van der Waals surface area contributed by atoms with Crippen molar-refractivity contribution in [1.29, 1.82) is 0 Å². The molecule has 0 bridgehead atoms. The van der Waals surface area contributed by atoms with Crippen molar-refractivity contribution >= 4 is 39.4 Å². The lowest BCUT2D eigenvalue weighted by molar-refractivity contribution is 0.0964. The van der Waals surface area contributed by atoms with Crippen molar-refractivity contribution in [3.05, 3.63) is 69.4 Å². The lowest BCUT2D eigenvalue weighted by Gasteiger charge is -2.04. The van der Waals surface area contributed by atoms with Gasteiger partial charge < -0.3 is 5.11 Å². The van der Waals surface area contributed by atoms with Gasteiger partial charge in [0.05, 0.1) is 12.1 Å². The monoisotopic (exact) mass is 377 g/mol. The second-order valence-electron chi connectivity index (χ2n) is 4.51. The quantitative estimate of drug-likeness (QED) is 0.696. The second-order valence-corrected chi connectivity index (χ2v) is 5.76. The molecule has 1 heterocycles. The summed E-state index contributed by atoms with van der Waals surface area (Å²) in [6, 6.07) is 15.0. The Morgan fingerprint density at radius 2 is 1.80 bits per heavy atom. The van der Waals surface area contributed by atoms with Gasteiger partial charge >= 0.3 is 0 Å². The number of carbonyl (C=O) groups excluding carboxylic acids is 1. The van der Waals surface area contributed by atoms with E-state index in [0.717, 1.165) is 20.0 Å². The fourth-order valence-electron chi connectivity index (χ4n) is 2.28. The summed E-state index contributed by atoms with van der Waals surface area (Å²) in [5.74, 6) is -0.0858. The Hall–Kier alpha value is -1.66. The first-order valence-electron chi connectivity index (χ1n) is 6.21. The number of aliphatic hydroxyl groups is 1. The van der Waals surface area contributed by atoms with Gasteiger partial charge in [0.15, 0.2) is 0 Å². The fraction of sp³-hybridized carbons (Fsp3) is 0.0625. The minimum atomic E-state index is -0.0858. The van der Waals surface area contributed by atoms with Gasteiger partial charge in [0.1, 0.15) is 0 Å². The summed E-state index contributed by atoms with van der Waals surface area (Å²) < 4.78 is 2.69. The molecule has 3 rings (SSSR count). The smallest absolute Gasteiger partial charge is 0.262 e. The van der Waals surface area contributed by atoms with Crippen LogP contribution < -0.4 is 0 Å². The highest BCUT2D eigenvalue weighted by molar-refractivity contribution is 14.1. The average Bonchev–Trinajstić information content (AvgIpc) is 2.86. The van der Waals surface area contributed by atoms with E-state index in [1.165, 1.54) is 0 Å². The molecule has 0 atom stereocenters. The van der Waals surface area contributed by atoms with Crippen LogP contribution in [0.4, 0.5) is 0 Å². The van der Waals surface area contributed by atoms with Crippen LogP contribution in [0.25, 0.3) is 10.9 Å². The maximum Gasteiger partial charge on any atom is 0.262 e. The summed E-state index contributed by atoms with van der Waals surface area (Å²) >= 11 is 2.21. The number of para-hydroxylation sites is 1. The van der Waals surface area contributed by atoms with Crippen molar-refractivity contribution in [2.75, 3.05) is 0 Å². The summed E-state index contributed by atoms with van der Waals surface area (Å²) in [4.78, 5) is 12.6. The van der Waals surface area contributed by atoms with Gasteiger partial charge in [0.25, 0.3) is 5.91 Å². The lowest BCUT2D eigenvalue weighted by Crippen LogP contribution is -2.10. The minimum Gasteiger partial charge on any atom is -0.392 e. The third-order valence-electron chi connectivity index (χ3n) is 3.27. The number of nitrogens with zero attached hydrogens (tertiary/aromatic N) is 1. The molecule has 0 spiro atoms. The van der Waals surface area contributed by atoms with Crippen LogP contribution in [0.3, 0.4) is 0 Å². The van der Waals surface area contributed by atoms with Crippen LogP contribution >= 0.6 is 22.6 Å². The third-order valence-corrected chi connectivity index (χ3v) is 3.99. The molecule has 1 aromatic heterocycles. The fourth-order valence-corrected chi connectivity index (χ4v) is 2.64. The zero-order chi connectivity index (χ0) is 14.1. The zero-order valence-electron chi connectivity index (χ0n) is 10.6. The molecule has 0 aliphatic carbocycles. The van der Waals surface area contributed by atoms with Crippen LogP contribution in [0, 0.1) is 3.57 Å². The molecule has 0 aliphatic heterocycles. The lowest BCUT2D eigenvalue weighted by atomic mass is 10.2. The number of hydrogen-bond acceptors (Lipinski definition) is 2. The molecule has 0 saturated heterocycles. The van der Waals surface area contributed by atoms with Crippen LogP contribution in [0.1, 0.15) is 15.9 Å². The number of halogens is 1. The highest BCUT2D eigenvalue weighted by atomic mass is 127. The summed E-state index contributed by atoms with van der Waals surface area (Å²) in [6.45, 7) is -0.0759.